The molecule has 18 nitrogen and oxygen atoms in total. The molecule has 1 fully saturated rings. The van der Waals surface area contributed by atoms with Crippen LogP contribution in [-0.4, -0.2) is 112 Å². The Morgan fingerprint density at radius 2 is 1.21 bits per heavy atom. The Kier molecular flexibility index (Phi) is 13.3. The Hall–Kier alpha value is -5.42. The molecule has 5 heterocycles. The maximum Gasteiger partial charge on any atom is 0.304 e. The van der Waals surface area contributed by atoms with Crippen molar-refractivity contribution in [3.63, 3.8) is 0 Å². The number of aliphatic carboxylic acids is 7. The van der Waals surface area contributed by atoms with Gasteiger partial charge >= 0.3 is 41.8 Å². The standard InChI is InChI=1S/C45H62N4O14/c1-21-36-24(10-13-30(52)53)41(3,4)28(47-36)18-27-23(9-12-29(50)51)43(6,19-34(60)61)39(46-27)22(2)37-25(11-14-31(54)55)44(7,20-35(62)63)45(8,49-37)40-26(17-33(58)59)42(5,38(21)48-40)16-15-32(56)57/h18,21,23-26,36,40,47H,9-17,19-20H2,1-8H3,(H,50,51)(H,52,53)(H,54,55)(H,56,57)(H,58,59)(H,60,61)(H,62,63)/b28-18-,39-22-. The minimum atomic E-state index is -1.61. The summed E-state index contributed by atoms with van der Waals surface area (Å²) in [4.78, 5) is 104. The molecule has 0 radical (unpaired) electrons. The van der Waals surface area contributed by atoms with E-state index in [0.29, 0.717) is 22.7 Å². The molecule has 11 unspecified atom stereocenters. The van der Waals surface area contributed by atoms with E-state index in [9.17, 15) is 69.3 Å². The SMILES string of the molecule is C/C1=C2N=C(/C=C3\NC(C(C)C4=NC(C(CC(=O)O)C4(C)CCC(=O)O)C4(C)N=C1C(CCC(=O)O)C4(C)CC(=O)O)C(CCC(=O)O)C3(C)C)C(CCC(=O)O)C/2(C)CC(=O)O. The summed E-state index contributed by atoms with van der Waals surface area (Å²) in [5.74, 6) is -11.9. The molecule has 0 aliphatic carbocycles. The summed E-state index contributed by atoms with van der Waals surface area (Å²) < 4.78 is 0. The molecule has 0 saturated carbocycles. The van der Waals surface area contributed by atoms with E-state index in [4.69, 9.17) is 15.0 Å². The van der Waals surface area contributed by atoms with Crippen molar-refractivity contribution in [3.05, 3.63) is 23.0 Å². The summed E-state index contributed by atoms with van der Waals surface area (Å²) in [6.45, 7) is 14.2. The zero-order chi connectivity index (χ0) is 47.4. The van der Waals surface area contributed by atoms with Crippen LogP contribution in [0.5, 0.6) is 0 Å². The van der Waals surface area contributed by atoms with Gasteiger partial charge < -0.3 is 41.1 Å². The van der Waals surface area contributed by atoms with Crippen molar-refractivity contribution >= 4 is 58.9 Å². The molecule has 0 aromatic heterocycles. The molecule has 11 atom stereocenters. The van der Waals surface area contributed by atoms with Gasteiger partial charge in [0.05, 0.1) is 36.5 Å². The molecule has 1 saturated heterocycles. The summed E-state index contributed by atoms with van der Waals surface area (Å²) in [7, 11) is 0. The Morgan fingerprint density at radius 1 is 0.667 bits per heavy atom. The summed E-state index contributed by atoms with van der Waals surface area (Å²) in [5, 5.41) is 75.3. The lowest BCUT2D eigenvalue weighted by molar-refractivity contribution is -0.143. The van der Waals surface area contributed by atoms with Crippen molar-refractivity contribution < 1.29 is 69.3 Å². The molecule has 5 aliphatic rings. The van der Waals surface area contributed by atoms with E-state index in [1.165, 1.54) is 0 Å². The third kappa shape index (κ3) is 8.65. The Morgan fingerprint density at radius 3 is 1.73 bits per heavy atom. The molecule has 0 spiro atoms. The molecule has 0 aromatic rings. The number of aliphatic imine (C=N–C) groups is 3. The van der Waals surface area contributed by atoms with E-state index >= 15 is 0 Å². The van der Waals surface area contributed by atoms with E-state index in [2.05, 4.69) is 5.32 Å². The van der Waals surface area contributed by atoms with Gasteiger partial charge in [-0.15, -0.1) is 0 Å². The fourth-order valence-corrected chi connectivity index (χ4v) is 12.3. The van der Waals surface area contributed by atoms with Crippen LogP contribution in [0.2, 0.25) is 0 Å². The number of carboxylic acid groups (broad SMARTS) is 7. The number of nitrogens with one attached hydrogen (secondary N) is 1. The molecular formula is C45H62N4O14. The number of hydrogen-bond acceptors (Lipinski definition) is 11. The lowest BCUT2D eigenvalue weighted by Gasteiger charge is -2.48. The quantitative estimate of drug-likeness (QED) is 0.0825. The predicted molar refractivity (Wildman–Crippen MR) is 228 cm³/mol. The van der Waals surface area contributed by atoms with Crippen LogP contribution in [0.4, 0.5) is 0 Å². The molecule has 8 N–H and O–H groups in total. The van der Waals surface area contributed by atoms with Crippen LogP contribution in [0.25, 0.3) is 0 Å². The van der Waals surface area contributed by atoms with E-state index < -0.39 is 136 Å². The molecular weight excluding hydrogens is 821 g/mol. The second-order valence-electron chi connectivity index (χ2n) is 19.9. The lowest BCUT2D eigenvalue weighted by atomic mass is 9.55. The third-order valence-corrected chi connectivity index (χ3v) is 15.8. The van der Waals surface area contributed by atoms with E-state index in [1.54, 1.807) is 40.7 Å². The Balaban J connectivity index is 1.99. The van der Waals surface area contributed by atoms with E-state index in [-0.39, 0.29) is 56.4 Å². The van der Waals surface area contributed by atoms with Gasteiger partial charge in [-0.05, 0) is 57.1 Å². The summed E-state index contributed by atoms with van der Waals surface area (Å²) in [6, 6.07) is -1.70. The molecule has 5 aliphatic heterocycles. The third-order valence-electron chi connectivity index (χ3n) is 15.8. The highest BCUT2D eigenvalue weighted by Crippen LogP contribution is 2.62. The second kappa shape index (κ2) is 17.3. The highest BCUT2D eigenvalue weighted by Gasteiger charge is 2.67. The summed E-state index contributed by atoms with van der Waals surface area (Å²) in [6.07, 6.45) is -1.20. The van der Waals surface area contributed by atoms with E-state index in [1.807, 2.05) is 20.8 Å². The van der Waals surface area contributed by atoms with Crippen molar-refractivity contribution in [2.75, 3.05) is 0 Å². The Labute approximate surface area is 365 Å². The van der Waals surface area contributed by atoms with Crippen LogP contribution in [0.1, 0.15) is 126 Å². The zero-order valence-electron chi connectivity index (χ0n) is 37.2. The highest BCUT2D eigenvalue weighted by molar-refractivity contribution is 6.08. The maximum atomic E-state index is 13.1. The maximum absolute atomic E-state index is 13.1. The molecule has 18 heteroatoms. The van der Waals surface area contributed by atoms with Gasteiger partial charge in [0.15, 0.2) is 0 Å². The molecule has 346 valence electrons. The van der Waals surface area contributed by atoms with Crippen LogP contribution in [0, 0.1) is 51.2 Å². The first-order valence-corrected chi connectivity index (χ1v) is 21.5. The number of carboxylic acids is 7. The van der Waals surface area contributed by atoms with Gasteiger partial charge in [-0.2, -0.15) is 0 Å². The van der Waals surface area contributed by atoms with Crippen LogP contribution >= 0.6 is 0 Å². The first kappa shape index (κ1) is 48.6. The van der Waals surface area contributed by atoms with Crippen molar-refractivity contribution in [1.82, 2.24) is 5.32 Å². The van der Waals surface area contributed by atoms with Gasteiger partial charge in [0.25, 0.3) is 0 Å². The topological polar surface area (TPSA) is 310 Å². The van der Waals surface area contributed by atoms with Crippen molar-refractivity contribution in [1.29, 1.82) is 0 Å². The van der Waals surface area contributed by atoms with Gasteiger partial charge in [0, 0.05) is 99.9 Å². The van der Waals surface area contributed by atoms with Crippen molar-refractivity contribution in [2.24, 2.45) is 66.2 Å². The van der Waals surface area contributed by atoms with Crippen LogP contribution in [0.3, 0.4) is 0 Å². The number of carbonyl (C=O) groups is 7. The number of allylic oxidation sites excluding steroid dienone is 4. The molecule has 63 heavy (non-hydrogen) atoms. The normalized spacial score (nSPS) is 37.3. The minimum Gasteiger partial charge on any atom is -0.481 e. The van der Waals surface area contributed by atoms with Gasteiger partial charge in [-0.1, -0.05) is 41.5 Å². The van der Waals surface area contributed by atoms with Gasteiger partial charge in [-0.25, -0.2) is 0 Å². The summed E-state index contributed by atoms with van der Waals surface area (Å²) in [5.41, 5.74) is -4.24. The van der Waals surface area contributed by atoms with Crippen LogP contribution in [0.15, 0.2) is 38.0 Å². The fourth-order valence-electron chi connectivity index (χ4n) is 12.3. The minimum absolute atomic E-state index is 0.0255. The zero-order valence-corrected chi connectivity index (χ0v) is 37.2. The average molecular weight is 883 g/mol. The van der Waals surface area contributed by atoms with Crippen LogP contribution < -0.4 is 5.32 Å². The van der Waals surface area contributed by atoms with Crippen molar-refractivity contribution in [2.45, 2.75) is 144 Å². The predicted octanol–water partition coefficient (Wildman–Crippen LogP) is 5.65. The smallest absolute Gasteiger partial charge is 0.304 e. The number of nitrogens with zero attached hydrogens (tertiary/aromatic N) is 3. The fraction of sp³-hybridized carbons (Fsp3) is 0.689. The number of rotatable bonds is 18. The number of fused-ring (bicyclic) bond motifs is 6. The molecule has 0 aromatic carbocycles. The summed E-state index contributed by atoms with van der Waals surface area (Å²) >= 11 is 0. The molecule has 8 bridgehead atoms. The van der Waals surface area contributed by atoms with Gasteiger partial charge in [0.1, 0.15) is 0 Å². The van der Waals surface area contributed by atoms with Crippen molar-refractivity contribution in [3.8, 4) is 0 Å². The largest absolute Gasteiger partial charge is 0.481 e. The monoisotopic (exact) mass is 882 g/mol. The Bertz CT molecular complexity index is 2140. The number of hydrogen-bond donors (Lipinski definition) is 8. The van der Waals surface area contributed by atoms with Gasteiger partial charge in [-0.3, -0.25) is 48.5 Å². The van der Waals surface area contributed by atoms with E-state index in [0.717, 1.165) is 0 Å². The molecule has 0 amide bonds. The molecule has 5 rings (SSSR count). The lowest BCUT2D eigenvalue weighted by Crippen LogP contribution is -2.55. The highest BCUT2D eigenvalue weighted by atomic mass is 16.4. The average Bonchev–Trinajstić information content (AvgIpc) is 3.75. The van der Waals surface area contributed by atoms with Gasteiger partial charge in [0.2, 0.25) is 0 Å². The first-order chi connectivity index (χ1) is 29.0. The van der Waals surface area contributed by atoms with Crippen LogP contribution in [-0.2, 0) is 33.6 Å². The second-order valence-corrected chi connectivity index (χ2v) is 19.9. The first-order valence-electron chi connectivity index (χ1n) is 21.5.